The van der Waals surface area contributed by atoms with Gasteiger partial charge in [-0.2, -0.15) is 0 Å². The maximum absolute atomic E-state index is 11.8. The maximum atomic E-state index is 11.8. The van der Waals surface area contributed by atoms with Crippen LogP contribution < -0.4 is 5.32 Å². The van der Waals surface area contributed by atoms with E-state index in [1.807, 2.05) is 0 Å². The molecule has 1 N–H and O–H groups in total. The first kappa shape index (κ1) is 13.5. The number of ether oxygens (including phenoxy) is 1. The van der Waals surface area contributed by atoms with Gasteiger partial charge in [-0.15, -0.1) is 0 Å². The van der Waals surface area contributed by atoms with Gasteiger partial charge in [0.25, 0.3) is 0 Å². The van der Waals surface area contributed by atoms with Crippen molar-refractivity contribution in [3.63, 3.8) is 0 Å². The number of carbonyl (C=O) groups is 1. The Labute approximate surface area is 116 Å². The molecule has 0 unspecified atom stereocenters. The van der Waals surface area contributed by atoms with Crippen LogP contribution in [0.1, 0.15) is 5.56 Å². The van der Waals surface area contributed by atoms with E-state index in [-0.39, 0.29) is 12.7 Å². The highest BCUT2D eigenvalue weighted by Crippen LogP contribution is 2.21. The Balaban J connectivity index is 1.88. The molecule has 1 fully saturated rings. The fourth-order valence-electron chi connectivity index (χ4n) is 1.72. The molecule has 0 aliphatic carbocycles. The van der Waals surface area contributed by atoms with Crippen molar-refractivity contribution < 1.29 is 9.53 Å². The van der Waals surface area contributed by atoms with Crippen molar-refractivity contribution in [1.29, 1.82) is 0 Å². The van der Waals surface area contributed by atoms with Crippen LogP contribution in [0.3, 0.4) is 0 Å². The molecule has 0 atom stereocenters. The number of halogens is 2. The fraction of sp³-hybridized carbons (Fsp3) is 0.417. The Morgan fingerprint density at radius 2 is 2.06 bits per heavy atom. The quantitative estimate of drug-likeness (QED) is 0.909. The van der Waals surface area contributed by atoms with E-state index in [1.54, 1.807) is 23.1 Å². The van der Waals surface area contributed by atoms with Gasteiger partial charge < -0.3 is 15.0 Å². The third-order valence-electron chi connectivity index (χ3n) is 2.74. The minimum absolute atomic E-state index is 0.165. The number of amides is 1. The number of hydrogen-bond acceptors (Lipinski definition) is 3. The monoisotopic (exact) mass is 288 g/mol. The predicted molar refractivity (Wildman–Crippen MR) is 71.1 cm³/mol. The second-order valence-electron chi connectivity index (χ2n) is 4.03. The Morgan fingerprint density at radius 1 is 1.33 bits per heavy atom. The van der Waals surface area contributed by atoms with Crippen molar-refractivity contribution in [3.8, 4) is 0 Å². The molecule has 1 aromatic carbocycles. The molecule has 0 bridgehead atoms. The van der Waals surface area contributed by atoms with Gasteiger partial charge in [0.15, 0.2) is 0 Å². The summed E-state index contributed by atoms with van der Waals surface area (Å²) in [5.74, 6) is 0. The third kappa shape index (κ3) is 3.51. The average molecular weight is 289 g/mol. The summed E-state index contributed by atoms with van der Waals surface area (Å²) >= 11 is 11.8. The highest BCUT2D eigenvalue weighted by atomic mass is 35.5. The summed E-state index contributed by atoms with van der Waals surface area (Å²) in [5.41, 5.74) is 0.754. The second kappa shape index (κ2) is 6.27. The molecule has 1 saturated heterocycles. The maximum Gasteiger partial charge on any atom is 0.410 e. The first-order valence-corrected chi connectivity index (χ1v) is 6.49. The van der Waals surface area contributed by atoms with E-state index in [2.05, 4.69) is 5.32 Å². The normalized spacial score (nSPS) is 15.6. The fourth-order valence-corrected chi connectivity index (χ4v) is 2.18. The first-order valence-electron chi connectivity index (χ1n) is 5.73. The van der Waals surface area contributed by atoms with Gasteiger partial charge in [0.05, 0.1) is 0 Å². The van der Waals surface area contributed by atoms with Gasteiger partial charge in [0.2, 0.25) is 0 Å². The van der Waals surface area contributed by atoms with Crippen molar-refractivity contribution >= 4 is 29.3 Å². The summed E-state index contributed by atoms with van der Waals surface area (Å²) in [6.07, 6.45) is -0.303. The van der Waals surface area contributed by atoms with Gasteiger partial charge in [-0.3, -0.25) is 0 Å². The molecule has 1 aromatic rings. The Kier molecular flexibility index (Phi) is 4.69. The van der Waals surface area contributed by atoms with E-state index in [1.165, 1.54) is 0 Å². The van der Waals surface area contributed by atoms with Crippen LogP contribution in [-0.4, -0.2) is 37.2 Å². The molecule has 18 heavy (non-hydrogen) atoms. The van der Waals surface area contributed by atoms with Crippen molar-refractivity contribution in [2.75, 3.05) is 26.2 Å². The van der Waals surface area contributed by atoms with Crippen LogP contribution in [0.5, 0.6) is 0 Å². The second-order valence-corrected chi connectivity index (χ2v) is 4.87. The van der Waals surface area contributed by atoms with Gasteiger partial charge in [-0.05, 0) is 12.1 Å². The molecule has 1 heterocycles. The van der Waals surface area contributed by atoms with Crippen LogP contribution in [0.25, 0.3) is 0 Å². The highest BCUT2D eigenvalue weighted by molar-refractivity contribution is 6.35. The van der Waals surface area contributed by atoms with E-state index in [4.69, 9.17) is 27.9 Å². The van der Waals surface area contributed by atoms with Gasteiger partial charge >= 0.3 is 6.09 Å². The lowest BCUT2D eigenvalue weighted by atomic mass is 10.2. The minimum Gasteiger partial charge on any atom is -0.444 e. The molecule has 0 spiro atoms. The molecule has 98 valence electrons. The van der Waals surface area contributed by atoms with Crippen LogP contribution in [-0.2, 0) is 11.3 Å². The first-order chi connectivity index (χ1) is 8.66. The van der Waals surface area contributed by atoms with Crippen LogP contribution in [0.15, 0.2) is 18.2 Å². The lowest BCUT2D eigenvalue weighted by Crippen LogP contribution is -2.46. The number of hydrogen-bond donors (Lipinski definition) is 1. The molecule has 1 amide bonds. The smallest absolute Gasteiger partial charge is 0.410 e. The lowest BCUT2D eigenvalue weighted by molar-refractivity contribution is 0.0919. The Morgan fingerprint density at radius 3 is 2.72 bits per heavy atom. The van der Waals surface area contributed by atoms with Crippen molar-refractivity contribution in [2.45, 2.75) is 6.61 Å². The summed E-state index contributed by atoms with van der Waals surface area (Å²) < 4.78 is 5.22. The van der Waals surface area contributed by atoms with E-state index < -0.39 is 0 Å². The SMILES string of the molecule is O=C(OCc1ccc(Cl)cc1Cl)N1CCNCC1. The molecule has 0 saturated carbocycles. The molecule has 1 aliphatic rings. The molecular formula is C12H14Cl2N2O2. The third-order valence-corrected chi connectivity index (χ3v) is 3.33. The zero-order chi connectivity index (χ0) is 13.0. The average Bonchev–Trinajstić information content (AvgIpc) is 2.38. The van der Waals surface area contributed by atoms with Crippen LogP contribution >= 0.6 is 23.2 Å². The van der Waals surface area contributed by atoms with Crippen LogP contribution in [0.2, 0.25) is 10.0 Å². The molecule has 2 rings (SSSR count). The van der Waals surface area contributed by atoms with Crippen LogP contribution in [0, 0.1) is 0 Å². The number of piperazine rings is 1. The predicted octanol–water partition coefficient (Wildman–Crippen LogP) is 2.54. The number of carbonyl (C=O) groups excluding carboxylic acids is 1. The van der Waals surface area contributed by atoms with E-state index in [0.29, 0.717) is 23.1 Å². The van der Waals surface area contributed by atoms with Crippen molar-refractivity contribution in [2.24, 2.45) is 0 Å². The summed E-state index contributed by atoms with van der Waals surface area (Å²) in [6.45, 7) is 3.12. The van der Waals surface area contributed by atoms with Crippen LogP contribution in [0.4, 0.5) is 4.79 Å². The zero-order valence-electron chi connectivity index (χ0n) is 9.79. The summed E-state index contributed by atoms with van der Waals surface area (Å²) in [5, 5.41) is 4.25. The van der Waals surface area contributed by atoms with Gasteiger partial charge in [0.1, 0.15) is 6.61 Å². The molecule has 1 aliphatic heterocycles. The minimum atomic E-state index is -0.303. The Bertz CT molecular complexity index is 434. The van der Waals surface area contributed by atoms with Crippen molar-refractivity contribution in [3.05, 3.63) is 33.8 Å². The number of nitrogens with zero attached hydrogens (tertiary/aromatic N) is 1. The molecule has 4 nitrogen and oxygen atoms in total. The van der Waals surface area contributed by atoms with Gasteiger partial charge in [0, 0.05) is 41.8 Å². The lowest BCUT2D eigenvalue weighted by Gasteiger charge is -2.26. The topological polar surface area (TPSA) is 41.6 Å². The van der Waals surface area contributed by atoms with E-state index in [0.717, 1.165) is 18.7 Å². The standard InChI is InChI=1S/C12H14Cl2N2O2/c13-10-2-1-9(11(14)7-10)8-18-12(17)16-5-3-15-4-6-16/h1-2,7,15H,3-6,8H2. The molecular weight excluding hydrogens is 275 g/mol. The van der Waals surface area contributed by atoms with Crippen molar-refractivity contribution in [1.82, 2.24) is 10.2 Å². The molecule has 0 aromatic heterocycles. The van der Waals surface area contributed by atoms with E-state index in [9.17, 15) is 4.79 Å². The highest BCUT2D eigenvalue weighted by Gasteiger charge is 2.17. The number of rotatable bonds is 2. The largest absolute Gasteiger partial charge is 0.444 e. The molecule has 6 heteroatoms. The van der Waals surface area contributed by atoms with Gasteiger partial charge in [-0.25, -0.2) is 4.79 Å². The zero-order valence-corrected chi connectivity index (χ0v) is 11.3. The number of nitrogens with one attached hydrogen (secondary N) is 1. The molecule has 0 radical (unpaired) electrons. The summed E-state index contributed by atoms with van der Waals surface area (Å²) in [6, 6.07) is 5.12. The van der Waals surface area contributed by atoms with E-state index >= 15 is 0 Å². The van der Waals surface area contributed by atoms with Gasteiger partial charge in [-0.1, -0.05) is 29.3 Å². The summed E-state index contributed by atoms with van der Waals surface area (Å²) in [7, 11) is 0. The number of benzene rings is 1. The Hall–Kier alpha value is -0.970. The summed E-state index contributed by atoms with van der Waals surface area (Å²) in [4.78, 5) is 13.4.